The Kier molecular flexibility index (Phi) is 6.37. The molecule has 1 atom stereocenters. The average molecular weight is 365 g/mol. The second-order valence-electron chi connectivity index (χ2n) is 6.58. The summed E-state index contributed by atoms with van der Waals surface area (Å²) in [5, 5.41) is 2.93. The molecule has 138 valence electrons. The molecular formula is C18H27N3O3S. The summed E-state index contributed by atoms with van der Waals surface area (Å²) in [4.78, 5) is 14.8. The highest BCUT2D eigenvalue weighted by atomic mass is 32.2. The van der Waals surface area contributed by atoms with E-state index in [2.05, 4.69) is 19.2 Å². The monoisotopic (exact) mass is 365 g/mol. The highest BCUT2D eigenvalue weighted by Crippen LogP contribution is 2.22. The van der Waals surface area contributed by atoms with E-state index in [4.69, 9.17) is 0 Å². The van der Waals surface area contributed by atoms with Gasteiger partial charge in [-0.3, -0.25) is 4.79 Å². The maximum Gasteiger partial charge on any atom is 0.254 e. The van der Waals surface area contributed by atoms with Crippen LogP contribution in [0.3, 0.4) is 0 Å². The van der Waals surface area contributed by atoms with E-state index >= 15 is 0 Å². The molecule has 0 saturated carbocycles. The molecule has 1 unspecified atom stereocenters. The lowest BCUT2D eigenvalue weighted by molar-refractivity contribution is 0.0720. The molecule has 0 aliphatic carbocycles. The standard InChI is InChI=1S/C18H27N3O3S/c1-14(2)17-9-6-11-21(17)18(22)15-7-5-8-16(13-15)25(23,24)20(4)12-10-19-3/h5-9,13-14,17,19H,10-12H2,1-4H3. The molecule has 1 aromatic rings. The fourth-order valence-electron chi connectivity index (χ4n) is 2.86. The molecule has 0 aromatic heterocycles. The summed E-state index contributed by atoms with van der Waals surface area (Å²) in [6.45, 7) is 5.61. The van der Waals surface area contributed by atoms with Crippen molar-refractivity contribution < 1.29 is 13.2 Å². The highest BCUT2D eigenvalue weighted by Gasteiger charge is 2.29. The van der Waals surface area contributed by atoms with Crippen LogP contribution in [0.4, 0.5) is 0 Å². The second-order valence-corrected chi connectivity index (χ2v) is 8.62. The molecule has 1 aliphatic rings. The van der Waals surface area contributed by atoms with Crippen molar-refractivity contribution in [2.75, 3.05) is 33.7 Å². The van der Waals surface area contributed by atoms with Gasteiger partial charge in [0.05, 0.1) is 10.9 Å². The minimum absolute atomic E-state index is 0.0473. The molecule has 1 heterocycles. The fraction of sp³-hybridized carbons (Fsp3) is 0.500. The van der Waals surface area contributed by atoms with Crippen LogP contribution in [-0.2, 0) is 10.0 Å². The van der Waals surface area contributed by atoms with Gasteiger partial charge in [0, 0.05) is 32.2 Å². The van der Waals surface area contributed by atoms with Gasteiger partial charge >= 0.3 is 0 Å². The lowest BCUT2D eigenvalue weighted by atomic mass is 10.0. The summed E-state index contributed by atoms with van der Waals surface area (Å²) in [5.41, 5.74) is 0.400. The number of sulfonamides is 1. The number of hydrogen-bond acceptors (Lipinski definition) is 4. The number of nitrogens with zero attached hydrogens (tertiary/aromatic N) is 2. The van der Waals surface area contributed by atoms with E-state index in [0.717, 1.165) is 0 Å². The Morgan fingerprint density at radius 2 is 2.12 bits per heavy atom. The number of benzene rings is 1. The normalized spacial score (nSPS) is 17.7. The van der Waals surface area contributed by atoms with Gasteiger partial charge in [-0.1, -0.05) is 32.1 Å². The van der Waals surface area contributed by atoms with Crippen LogP contribution in [0.15, 0.2) is 41.3 Å². The topological polar surface area (TPSA) is 69.7 Å². The molecule has 0 fully saturated rings. The first-order chi connectivity index (χ1) is 11.8. The molecule has 0 spiro atoms. The van der Waals surface area contributed by atoms with Crippen LogP contribution in [0.5, 0.6) is 0 Å². The molecule has 0 bridgehead atoms. The van der Waals surface area contributed by atoms with E-state index in [0.29, 0.717) is 31.1 Å². The Hall–Kier alpha value is -1.70. The molecule has 1 aliphatic heterocycles. The summed E-state index contributed by atoms with van der Waals surface area (Å²) in [5.74, 6) is 0.168. The van der Waals surface area contributed by atoms with Crippen molar-refractivity contribution in [3.8, 4) is 0 Å². The zero-order valence-corrected chi connectivity index (χ0v) is 16.1. The minimum Gasteiger partial charge on any atom is -0.328 e. The van der Waals surface area contributed by atoms with E-state index in [1.54, 1.807) is 31.1 Å². The Bertz CT molecular complexity index is 744. The van der Waals surface area contributed by atoms with Gasteiger partial charge in [0.2, 0.25) is 10.0 Å². The number of carbonyl (C=O) groups is 1. The molecule has 1 N–H and O–H groups in total. The predicted octanol–water partition coefficient (Wildman–Crippen LogP) is 1.56. The van der Waals surface area contributed by atoms with Gasteiger partial charge in [-0.25, -0.2) is 8.42 Å². The van der Waals surface area contributed by atoms with Crippen LogP contribution in [0.1, 0.15) is 24.2 Å². The van der Waals surface area contributed by atoms with Gasteiger partial charge in [0.25, 0.3) is 5.91 Å². The van der Waals surface area contributed by atoms with Crippen molar-refractivity contribution in [1.29, 1.82) is 0 Å². The summed E-state index contributed by atoms with van der Waals surface area (Å²) in [6, 6.07) is 6.35. The van der Waals surface area contributed by atoms with Crippen LogP contribution in [0.2, 0.25) is 0 Å². The Morgan fingerprint density at radius 3 is 2.76 bits per heavy atom. The third-order valence-electron chi connectivity index (χ3n) is 4.41. The van der Waals surface area contributed by atoms with E-state index < -0.39 is 10.0 Å². The van der Waals surface area contributed by atoms with Gasteiger partial charge < -0.3 is 10.2 Å². The van der Waals surface area contributed by atoms with Crippen LogP contribution in [-0.4, -0.2) is 63.3 Å². The van der Waals surface area contributed by atoms with Crippen LogP contribution in [0, 0.1) is 5.92 Å². The molecule has 6 nitrogen and oxygen atoms in total. The Morgan fingerprint density at radius 1 is 1.40 bits per heavy atom. The lowest BCUT2D eigenvalue weighted by Crippen LogP contribution is -2.39. The van der Waals surface area contributed by atoms with Crippen molar-refractivity contribution in [3.05, 3.63) is 42.0 Å². The van der Waals surface area contributed by atoms with Gasteiger partial charge in [-0.05, 0) is 31.2 Å². The molecule has 25 heavy (non-hydrogen) atoms. The van der Waals surface area contributed by atoms with Crippen molar-refractivity contribution >= 4 is 15.9 Å². The van der Waals surface area contributed by atoms with Gasteiger partial charge in [-0.15, -0.1) is 0 Å². The number of nitrogens with one attached hydrogen (secondary N) is 1. The molecule has 2 rings (SSSR count). The van der Waals surface area contributed by atoms with Crippen molar-refractivity contribution in [2.24, 2.45) is 5.92 Å². The van der Waals surface area contributed by atoms with Crippen molar-refractivity contribution in [2.45, 2.75) is 24.8 Å². The maximum atomic E-state index is 12.9. The third kappa shape index (κ3) is 4.29. The summed E-state index contributed by atoms with van der Waals surface area (Å²) < 4.78 is 26.6. The molecule has 0 saturated heterocycles. The summed E-state index contributed by atoms with van der Waals surface area (Å²) >= 11 is 0. The van der Waals surface area contributed by atoms with Gasteiger partial charge in [0.1, 0.15) is 0 Å². The van der Waals surface area contributed by atoms with Gasteiger partial charge in [-0.2, -0.15) is 4.31 Å². The molecule has 7 heteroatoms. The minimum atomic E-state index is -3.61. The number of likely N-dealkylation sites (N-methyl/N-ethyl adjacent to an activating group) is 2. The zero-order chi connectivity index (χ0) is 18.6. The maximum absolute atomic E-state index is 12.9. The summed E-state index contributed by atoms with van der Waals surface area (Å²) in [6.07, 6.45) is 4.02. The molecule has 1 amide bonds. The second kappa shape index (κ2) is 8.12. The number of hydrogen-bond donors (Lipinski definition) is 1. The van der Waals surface area contributed by atoms with E-state index in [9.17, 15) is 13.2 Å². The van der Waals surface area contributed by atoms with Crippen LogP contribution in [0.25, 0.3) is 0 Å². The molecule has 1 aromatic carbocycles. The van der Waals surface area contributed by atoms with E-state index in [-0.39, 0.29) is 16.8 Å². The third-order valence-corrected chi connectivity index (χ3v) is 6.26. The lowest BCUT2D eigenvalue weighted by Gasteiger charge is -2.27. The van der Waals surface area contributed by atoms with Crippen molar-refractivity contribution in [1.82, 2.24) is 14.5 Å². The first-order valence-corrected chi connectivity index (χ1v) is 9.91. The predicted molar refractivity (Wildman–Crippen MR) is 99.0 cm³/mol. The number of rotatable bonds is 7. The van der Waals surface area contributed by atoms with Gasteiger partial charge in [0.15, 0.2) is 0 Å². The molecular weight excluding hydrogens is 338 g/mol. The molecule has 0 radical (unpaired) electrons. The number of carbonyl (C=O) groups excluding carboxylic acids is 1. The highest BCUT2D eigenvalue weighted by molar-refractivity contribution is 7.89. The fourth-order valence-corrected chi connectivity index (χ4v) is 4.08. The SMILES string of the molecule is CNCCN(C)S(=O)(=O)c1cccc(C(=O)N2CC=CC2C(C)C)c1. The van der Waals surface area contributed by atoms with Crippen LogP contribution < -0.4 is 5.32 Å². The number of amides is 1. The smallest absolute Gasteiger partial charge is 0.254 e. The average Bonchev–Trinajstić information content (AvgIpc) is 3.09. The first kappa shape index (κ1) is 19.6. The largest absolute Gasteiger partial charge is 0.328 e. The van der Waals surface area contributed by atoms with E-state index in [1.807, 2.05) is 12.2 Å². The quantitative estimate of drug-likeness (QED) is 0.745. The van der Waals surface area contributed by atoms with Crippen molar-refractivity contribution in [3.63, 3.8) is 0 Å². The zero-order valence-electron chi connectivity index (χ0n) is 15.3. The van der Waals surface area contributed by atoms with Crippen LogP contribution >= 0.6 is 0 Å². The van der Waals surface area contributed by atoms with E-state index in [1.165, 1.54) is 16.4 Å². The Balaban J connectivity index is 2.25. The Labute approximate surface area is 150 Å². The summed E-state index contributed by atoms with van der Waals surface area (Å²) in [7, 11) is -0.299. The first-order valence-electron chi connectivity index (χ1n) is 8.47.